The van der Waals surface area contributed by atoms with E-state index in [1.54, 1.807) is 12.1 Å². The van der Waals surface area contributed by atoms with Gasteiger partial charge in [0.2, 0.25) is 5.91 Å². The summed E-state index contributed by atoms with van der Waals surface area (Å²) in [6.07, 6.45) is -4.57. The summed E-state index contributed by atoms with van der Waals surface area (Å²) in [6.45, 7) is 2.07. The molecule has 2 heterocycles. The summed E-state index contributed by atoms with van der Waals surface area (Å²) in [5.41, 5.74) is 0. The minimum atomic E-state index is -4.22. The predicted octanol–water partition coefficient (Wildman–Crippen LogP) is 2.78. The first-order valence-corrected chi connectivity index (χ1v) is 6.83. The van der Waals surface area contributed by atoms with E-state index < -0.39 is 37.0 Å². The highest BCUT2D eigenvalue weighted by Gasteiger charge is 2.48. The van der Waals surface area contributed by atoms with Crippen molar-refractivity contribution in [3.63, 3.8) is 0 Å². The summed E-state index contributed by atoms with van der Waals surface area (Å²) in [7, 11) is 0. The second-order valence-electron chi connectivity index (χ2n) is 4.77. The first-order chi connectivity index (χ1) is 9.22. The number of carbonyl (C=O) groups excluding carboxylic acids is 1. The number of alkyl halides is 4. The zero-order valence-corrected chi connectivity index (χ0v) is 11.7. The smallest absolute Gasteiger partial charge is 0.314 e. The van der Waals surface area contributed by atoms with E-state index in [0.717, 1.165) is 9.78 Å². The second-order valence-corrected chi connectivity index (χ2v) is 6.09. The number of halogens is 4. The molecule has 3 nitrogen and oxygen atoms in total. The molecule has 20 heavy (non-hydrogen) atoms. The number of rotatable bonds is 4. The van der Waals surface area contributed by atoms with Crippen molar-refractivity contribution < 1.29 is 22.4 Å². The van der Waals surface area contributed by atoms with E-state index in [9.17, 15) is 22.4 Å². The monoisotopic (exact) mass is 310 g/mol. The number of amides is 1. The lowest BCUT2D eigenvalue weighted by Gasteiger charge is -2.27. The fraction of sp³-hybridized carbons (Fsp3) is 0.583. The Balaban J connectivity index is 2.25. The number of carbonyl (C=O) groups is 1. The van der Waals surface area contributed by atoms with E-state index in [-0.39, 0.29) is 0 Å². The van der Waals surface area contributed by atoms with E-state index >= 15 is 0 Å². The lowest BCUT2D eigenvalue weighted by molar-refractivity contribution is -0.157. The van der Waals surface area contributed by atoms with Gasteiger partial charge in [0.25, 0.3) is 0 Å². The van der Waals surface area contributed by atoms with Crippen molar-refractivity contribution in [2.45, 2.75) is 38.4 Å². The molecular formula is C12H14F4N2OS. The van der Waals surface area contributed by atoms with Gasteiger partial charge in [0, 0.05) is 9.75 Å². The summed E-state index contributed by atoms with van der Waals surface area (Å²) < 4.78 is 51.1. The SMILES string of the molecule is Cc1ccc(C2NC(C)C(=O)N2CC(F)(F)C(F)F)s1. The van der Waals surface area contributed by atoms with Crippen molar-refractivity contribution >= 4 is 17.2 Å². The van der Waals surface area contributed by atoms with Crippen molar-refractivity contribution in [1.29, 1.82) is 0 Å². The summed E-state index contributed by atoms with van der Waals surface area (Å²) in [5.74, 6) is -4.81. The zero-order valence-electron chi connectivity index (χ0n) is 10.9. The molecule has 1 fully saturated rings. The molecule has 0 spiro atoms. The van der Waals surface area contributed by atoms with Crippen molar-refractivity contribution in [2.75, 3.05) is 6.54 Å². The third-order valence-electron chi connectivity index (χ3n) is 3.10. The van der Waals surface area contributed by atoms with E-state index in [2.05, 4.69) is 5.32 Å². The fourth-order valence-electron chi connectivity index (χ4n) is 2.08. The largest absolute Gasteiger partial charge is 0.324 e. The Labute approximate surface area is 117 Å². The number of thiophene rings is 1. The van der Waals surface area contributed by atoms with Crippen LogP contribution >= 0.6 is 11.3 Å². The highest BCUT2D eigenvalue weighted by atomic mass is 32.1. The van der Waals surface area contributed by atoms with Gasteiger partial charge < -0.3 is 4.90 Å². The average Bonchev–Trinajstić information content (AvgIpc) is 2.88. The number of aryl methyl sites for hydroxylation is 1. The molecule has 1 aromatic heterocycles. The van der Waals surface area contributed by atoms with Crippen LogP contribution < -0.4 is 5.32 Å². The quantitative estimate of drug-likeness (QED) is 0.867. The third kappa shape index (κ3) is 2.80. The van der Waals surface area contributed by atoms with E-state index in [1.807, 2.05) is 6.92 Å². The molecule has 0 radical (unpaired) electrons. The summed E-state index contributed by atoms with van der Waals surface area (Å²) in [6, 6.07) is 2.82. The number of nitrogens with one attached hydrogen (secondary N) is 1. The van der Waals surface area contributed by atoms with Crippen LogP contribution in [0.2, 0.25) is 0 Å². The van der Waals surface area contributed by atoms with Crippen LogP contribution in [0.3, 0.4) is 0 Å². The summed E-state index contributed by atoms with van der Waals surface area (Å²) in [5, 5.41) is 2.85. The van der Waals surface area contributed by atoms with Gasteiger partial charge in [0.15, 0.2) is 0 Å². The highest BCUT2D eigenvalue weighted by molar-refractivity contribution is 7.12. The summed E-state index contributed by atoms with van der Waals surface area (Å²) >= 11 is 1.34. The van der Waals surface area contributed by atoms with Gasteiger partial charge >= 0.3 is 12.3 Å². The van der Waals surface area contributed by atoms with Gasteiger partial charge in [0.1, 0.15) is 6.17 Å². The van der Waals surface area contributed by atoms with Crippen molar-refractivity contribution in [2.24, 2.45) is 0 Å². The van der Waals surface area contributed by atoms with Crippen LogP contribution in [0.15, 0.2) is 12.1 Å². The average molecular weight is 310 g/mol. The Morgan fingerprint density at radius 2 is 2.10 bits per heavy atom. The van der Waals surface area contributed by atoms with Gasteiger partial charge in [-0.3, -0.25) is 10.1 Å². The minimum Gasteiger partial charge on any atom is -0.314 e. The van der Waals surface area contributed by atoms with Gasteiger partial charge in [-0.2, -0.15) is 8.78 Å². The Morgan fingerprint density at radius 1 is 1.45 bits per heavy atom. The van der Waals surface area contributed by atoms with Crippen LogP contribution in [-0.4, -0.2) is 35.7 Å². The molecule has 1 amide bonds. The van der Waals surface area contributed by atoms with Gasteiger partial charge in [-0.25, -0.2) is 8.78 Å². The first-order valence-electron chi connectivity index (χ1n) is 6.01. The van der Waals surface area contributed by atoms with Crippen LogP contribution in [0.5, 0.6) is 0 Å². The van der Waals surface area contributed by atoms with Crippen molar-refractivity contribution in [3.8, 4) is 0 Å². The van der Waals surface area contributed by atoms with Crippen molar-refractivity contribution in [1.82, 2.24) is 10.2 Å². The minimum absolute atomic E-state index is 0.596. The predicted molar refractivity (Wildman–Crippen MR) is 67.1 cm³/mol. The Morgan fingerprint density at radius 3 is 2.60 bits per heavy atom. The molecule has 0 saturated carbocycles. The normalized spacial score (nSPS) is 23.9. The molecule has 2 atom stereocenters. The highest BCUT2D eigenvalue weighted by Crippen LogP contribution is 2.34. The Kier molecular flexibility index (Phi) is 4.06. The van der Waals surface area contributed by atoms with Gasteiger partial charge in [0.05, 0.1) is 12.6 Å². The van der Waals surface area contributed by atoms with Crippen molar-refractivity contribution in [3.05, 3.63) is 21.9 Å². The van der Waals surface area contributed by atoms with Gasteiger partial charge in [-0.15, -0.1) is 11.3 Å². The molecule has 8 heteroatoms. The maximum absolute atomic E-state index is 13.2. The van der Waals surface area contributed by atoms with E-state index in [1.165, 1.54) is 18.3 Å². The van der Waals surface area contributed by atoms with Gasteiger partial charge in [-0.1, -0.05) is 0 Å². The van der Waals surface area contributed by atoms with E-state index in [4.69, 9.17) is 0 Å². The maximum atomic E-state index is 13.2. The molecule has 1 aliphatic rings. The molecule has 0 aromatic carbocycles. The molecule has 2 unspecified atom stereocenters. The zero-order chi connectivity index (χ0) is 15.1. The van der Waals surface area contributed by atoms with Crippen LogP contribution in [0.25, 0.3) is 0 Å². The second kappa shape index (κ2) is 5.33. The topological polar surface area (TPSA) is 32.3 Å². The molecule has 0 bridgehead atoms. The number of nitrogens with zero attached hydrogens (tertiary/aromatic N) is 1. The lowest BCUT2D eigenvalue weighted by atomic mass is 10.2. The molecule has 1 aliphatic heterocycles. The van der Waals surface area contributed by atoms with Gasteiger partial charge in [-0.05, 0) is 26.0 Å². The van der Waals surface area contributed by atoms with Crippen LogP contribution in [-0.2, 0) is 4.79 Å². The van der Waals surface area contributed by atoms with E-state index in [0.29, 0.717) is 4.88 Å². The maximum Gasteiger partial charge on any atom is 0.324 e. The molecular weight excluding hydrogens is 296 g/mol. The molecule has 112 valence electrons. The first kappa shape index (κ1) is 15.2. The molecule has 0 aliphatic carbocycles. The van der Waals surface area contributed by atoms with Crippen LogP contribution in [0.4, 0.5) is 17.6 Å². The molecule has 2 rings (SSSR count). The molecule has 1 saturated heterocycles. The van der Waals surface area contributed by atoms with Crippen LogP contribution in [0, 0.1) is 6.92 Å². The lowest BCUT2D eigenvalue weighted by Crippen LogP contribution is -2.44. The number of hydrogen-bond donors (Lipinski definition) is 1. The Bertz CT molecular complexity index is 505. The third-order valence-corrected chi connectivity index (χ3v) is 4.16. The summed E-state index contributed by atoms with van der Waals surface area (Å²) in [4.78, 5) is 14.3. The Hall–Kier alpha value is -1.15. The number of hydrogen-bond acceptors (Lipinski definition) is 3. The standard InChI is InChI=1S/C12H14F4N2OS/c1-6-3-4-8(20-6)9-17-7(2)10(19)18(9)5-12(15,16)11(13)14/h3-4,7,9,11,17H,5H2,1-2H3. The molecule has 1 N–H and O–H groups in total. The fourth-order valence-corrected chi connectivity index (χ4v) is 3.03. The molecule has 1 aromatic rings. The van der Waals surface area contributed by atoms with Crippen LogP contribution in [0.1, 0.15) is 22.8 Å².